The molecule has 3 heterocycles. The lowest BCUT2D eigenvalue weighted by atomic mass is 9.33. The Labute approximate surface area is 397 Å². The van der Waals surface area contributed by atoms with Crippen LogP contribution in [-0.4, -0.2) is 11.3 Å². The standard InChI is InChI=1S/C63H58BN3/c1-41-27-37-48(43-30-34-45(35-31-43)63(5,6)7)59(39-41)67-58-26-16-25-57-61(58)64(52-38-36-46(40-60(52)67)65-54-22-13-9-18-49(54)50-19-10-14-23-55(50)65)51-20-11-15-24-56(51)66(57)53-21-12-8-17-47(53)42-28-32-44(33-29-42)62(2,3)4/h8-26,28,30-42H,27,29H2,1-7H3. The van der Waals surface area contributed by atoms with Crippen LogP contribution in [0.15, 0.2) is 199 Å². The molecule has 2 aliphatic carbocycles. The molecule has 0 amide bonds. The molecule has 8 aromatic rings. The molecule has 4 heteroatoms. The molecule has 4 aliphatic rings. The Morgan fingerprint density at radius 3 is 1.85 bits per heavy atom. The average molecular weight is 868 g/mol. The highest BCUT2D eigenvalue weighted by Crippen LogP contribution is 2.48. The molecule has 3 nitrogen and oxygen atoms in total. The number of para-hydroxylation sites is 4. The third-order valence-corrected chi connectivity index (χ3v) is 15.0. The van der Waals surface area contributed by atoms with Gasteiger partial charge in [-0.25, -0.2) is 0 Å². The first kappa shape index (κ1) is 41.4. The van der Waals surface area contributed by atoms with Gasteiger partial charge in [-0.15, -0.1) is 0 Å². The van der Waals surface area contributed by atoms with Crippen molar-refractivity contribution >= 4 is 78.9 Å². The quantitative estimate of drug-likeness (QED) is 0.160. The van der Waals surface area contributed by atoms with Crippen LogP contribution in [0.4, 0.5) is 28.4 Å². The van der Waals surface area contributed by atoms with Crippen molar-refractivity contribution in [3.05, 3.63) is 216 Å². The average Bonchev–Trinajstić information content (AvgIpc) is 3.68. The Kier molecular flexibility index (Phi) is 9.59. The maximum atomic E-state index is 2.64. The monoisotopic (exact) mass is 867 g/mol. The predicted octanol–water partition coefficient (Wildman–Crippen LogP) is 14.9. The minimum atomic E-state index is 0.0243. The summed E-state index contributed by atoms with van der Waals surface area (Å²) in [5.41, 5.74) is 21.9. The summed E-state index contributed by atoms with van der Waals surface area (Å²) in [5, 5.41) is 2.54. The van der Waals surface area contributed by atoms with E-state index in [1.165, 1.54) is 100 Å². The molecule has 2 aliphatic heterocycles. The van der Waals surface area contributed by atoms with Gasteiger partial charge in [-0.2, -0.15) is 0 Å². The normalized spacial score (nSPS) is 17.8. The van der Waals surface area contributed by atoms with Gasteiger partial charge in [0.15, 0.2) is 0 Å². The number of allylic oxidation sites excluding steroid dienone is 7. The smallest absolute Gasteiger partial charge is 0.252 e. The maximum Gasteiger partial charge on any atom is 0.252 e. The molecule has 2 unspecified atom stereocenters. The Balaban J connectivity index is 1.10. The third-order valence-electron chi connectivity index (χ3n) is 15.0. The van der Waals surface area contributed by atoms with Crippen molar-refractivity contribution in [3.63, 3.8) is 0 Å². The van der Waals surface area contributed by atoms with Gasteiger partial charge < -0.3 is 14.4 Å². The zero-order chi connectivity index (χ0) is 45.8. The Bertz CT molecular complexity index is 3360. The Morgan fingerprint density at radius 2 is 1.16 bits per heavy atom. The van der Waals surface area contributed by atoms with Gasteiger partial charge in [0.2, 0.25) is 0 Å². The van der Waals surface area contributed by atoms with Gasteiger partial charge in [0, 0.05) is 62.1 Å². The molecule has 0 fully saturated rings. The molecule has 0 spiro atoms. The predicted molar refractivity (Wildman–Crippen MR) is 288 cm³/mol. The van der Waals surface area contributed by atoms with Crippen LogP contribution in [0.25, 0.3) is 33.1 Å². The van der Waals surface area contributed by atoms with Gasteiger partial charge >= 0.3 is 0 Å². The van der Waals surface area contributed by atoms with Crippen molar-refractivity contribution in [2.45, 2.75) is 72.6 Å². The Hall–Kier alpha value is -7.04. The summed E-state index contributed by atoms with van der Waals surface area (Å²) in [6.45, 7) is 16.2. The lowest BCUT2D eigenvalue weighted by Gasteiger charge is -2.46. The van der Waals surface area contributed by atoms with Crippen molar-refractivity contribution < 1.29 is 0 Å². The highest BCUT2D eigenvalue weighted by atomic mass is 15.2. The largest absolute Gasteiger partial charge is 0.311 e. The van der Waals surface area contributed by atoms with Gasteiger partial charge in [-0.05, 0) is 117 Å². The van der Waals surface area contributed by atoms with E-state index < -0.39 is 0 Å². The lowest BCUT2D eigenvalue weighted by Crippen LogP contribution is -2.61. The molecule has 0 N–H and O–H groups in total. The van der Waals surface area contributed by atoms with Gasteiger partial charge in [-0.3, -0.25) is 0 Å². The van der Waals surface area contributed by atoms with E-state index in [0.717, 1.165) is 18.5 Å². The van der Waals surface area contributed by atoms with Crippen molar-refractivity contribution in [1.82, 2.24) is 4.57 Å². The molecule has 0 radical (unpaired) electrons. The van der Waals surface area contributed by atoms with Crippen LogP contribution in [0.5, 0.6) is 0 Å². The summed E-state index contributed by atoms with van der Waals surface area (Å²) in [6.07, 6.45) is 14.3. The van der Waals surface area contributed by atoms with Gasteiger partial charge in [-0.1, -0.05) is 188 Å². The number of anilines is 5. The molecule has 0 bridgehead atoms. The van der Waals surface area contributed by atoms with E-state index >= 15 is 0 Å². The number of hydrogen-bond donors (Lipinski definition) is 0. The van der Waals surface area contributed by atoms with Crippen LogP contribution in [0.3, 0.4) is 0 Å². The lowest BCUT2D eigenvalue weighted by molar-refractivity contribution is 0.510. The minimum Gasteiger partial charge on any atom is -0.311 e. The van der Waals surface area contributed by atoms with Crippen molar-refractivity contribution in [2.24, 2.45) is 11.3 Å². The highest BCUT2D eigenvalue weighted by molar-refractivity contribution is 7.00. The topological polar surface area (TPSA) is 11.4 Å². The van der Waals surface area contributed by atoms with E-state index in [1.54, 1.807) is 0 Å². The van der Waals surface area contributed by atoms with Gasteiger partial charge in [0.25, 0.3) is 6.71 Å². The summed E-state index contributed by atoms with van der Waals surface area (Å²) in [4.78, 5) is 5.23. The van der Waals surface area contributed by atoms with E-state index in [-0.39, 0.29) is 23.5 Å². The van der Waals surface area contributed by atoms with Crippen LogP contribution < -0.4 is 26.2 Å². The zero-order valence-electron chi connectivity index (χ0n) is 39.9. The van der Waals surface area contributed by atoms with E-state index in [2.05, 4.69) is 251 Å². The second kappa shape index (κ2) is 15.5. The second-order valence-corrected chi connectivity index (χ2v) is 21.4. The number of rotatable bonds is 5. The fourth-order valence-corrected chi connectivity index (χ4v) is 11.6. The number of fused-ring (bicyclic) bond motifs is 7. The van der Waals surface area contributed by atoms with Crippen LogP contribution in [0.2, 0.25) is 0 Å². The number of aromatic nitrogens is 1. The number of benzene rings is 7. The molecule has 0 saturated heterocycles. The highest BCUT2D eigenvalue weighted by Gasteiger charge is 2.44. The van der Waals surface area contributed by atoms with Crippen LogP contribution >= 0.6 is 0 Å². The first-order valence-corrected chi connectivity index (χ1v) is 24.4. The third kappa shape index (κ3) is 6.70. The number of nitrogens with zero attached hydrogens (tertiary/aromatic N) is 3. The van der Waals surface area contributed by atoms with Gasteiger partial charge in [0.05, 0.1) is 11.0 Å². The molecular formula is C63H58BN3. The molecule has 0 saturated carbocycles. The summed E-state index contributed by atoms with van der Waals surface area (Å²) in [5.74, 6) is 0.642. The summed E-state index contributed by atoms with van der Waals surface area (Å²) in [6, 6.07) is 59.9. The van der Waals surface area contributed by atoms with E-state index in [1.807, 2.05) is 0 Å². The molecule has 1 aromatic heterocycles. The molecule has 7 aromatic carbocycles. The fourth-order valence-electron chi connectivity index (χ4n) is 11.6. The minimum absolute atomic E-state index is 0.0243. The molecule has 328 valence electrons. The van der Waals surface area contributed by atoms with E-state index in [0.29, 0.717) is 5.92 Å². The molecular weight excluding hydrogens is 810 g/mol. The zero-order valence-corrected chi connectivity index (χ0v) is 39.9. The number of hydrogen-bond acceptors (Lipinski definition) is 2. The first-order valence-electron chi connectivity index (χ1n) is 24.4. The summed E-state index contributed by atoms with van der Waals surface area (Å²) >= 11 is 0. The van der Waals surface area contributed by atoms with Crippen LogP contribution in [0.1, 0.15) is 83.9 Å². The second-order valence-electron chi connectivity index (χ2n) is 21.4. The summed E-state index contributed by atoms with van der Waals surface area (Å²) < 4.78 is 2.47. The van der Waals surface area contributed by atoms with Crippen molar-refractivity contribution in [2.75, 3.05) is 9.80 Å². The van der Waals surface area contributed by atoms with Crippen LogP contribution in [-0.2, 0) is 5.41 Å². The van der Waals surface area contributed by atoms with Crippen LogP contribution in [0, 0.1) is 11.3 Å². The molecule has 67 heavy (non-hydrogen) atoms. The SMILES string of the molecule is CC1C=C(N2c3cc(-n4c5ccccc5c5ccccc54)ccc3B3c4ccccc4N(c4ccccc4C4C=CC(C(C)(C)C)=CC4)c4cccc2c43)C(c2ccc(C(C)(C)C)cc2)=CC1. The van der Waals surface area contributed by atoms with Crippen molar-refractivity contribution in [1.29, 1.82) is 0 Å². The van der Waals surface area contributed by atoms with Gasteiger partial charge in [0.1, 0.15) is 0 Å². The van der Waals surface area contributed by atoms with Crippen molar-refractivity contribution in [3.8, 4) is 5.69 Å². The Morgan fingerprint density at radius 1 is 0.537 bits per heavy atom. The fraction of sp³-hybridized carbons (Fsp3) is 0.206. The van der Waals surface area contributed by atoms with E-state index in [4.69, 9.17) is 0 Å². The molecule has 2 atom stereocenters. The van der Waals surface area contributed by atoms with E-state index in [9.17, 15) is 0 Å². The summed E-state index contributed by atoms with van der Waals surface area (Å²) in [7, 11) is 0. The molecule has 12 rings (SSSR count). The first-order chi connectivity index (χ1) is 32.4. The maximum absolute atomic E-state index is 2.64.